The number of rotatable bonds is 6. The highest BCUT2D eigenvalue weighted by Gasteiger charge is 2.05. The number of hydrogen-bond acceptors (Lipinski definition) is 2. The Morgan fingerprint density at radius 2 is 1.55 bits per heavy atom. The number of ether oxygens (including phenoxy) is 1. The molecule has 20 heavy (non-hydrogen) atoms. The Hall–Kier alpha value is -1.80. The SMILES string of the molecule is COc1ccc(CC(N)CCc2ccc(C)cc2)cc1. The van der Waals surface area contributed by atoms with Crippen molar-refractivity contribution in [1.82, 2.24) is 0 Å². The van der Waals surface area contributed by atoms with Gasteiger partial charge in [0.1, 0.15) is 5.75 Å². The van der Waals surface area contributed by atoms with E-state index in [9.17, 15) is 0 Å². The second-order valence-corrected chi connectivity index (χ2v) is 5.34. The van der Waals surface area contributed by atoms with Crippen LogP contribution in [0.25, 0.3) is 0 Å². The van der Waals surface area contributed by atoms with Gasteiger partial charge in [0.05, 0.1) is 7.11 Å². The van der Waals surface area contributed by atoms with Crippen LogP contribution in [0.4, 0.5) is 0 Å². The van der Waals surface area contributed by atoms with Crippen molar-refractivity contribution in [3.8, 4) is 5.75 Å². The molecule has 0 aliphatic heterocycles. The summed E-state index contributed by atoms with van der Waals surface area (Å²) >= 11 is 0. The minimum absolute atomic E-state index is 0.199. The number of nitrogens with two attached hydrogens (primary N) is 1. The van der Waals surface area contributed by atoms with Gasteiger partial charge in [0.2, 0.25) is 0 Å². The molecule has 2 aromatic rings. The molecule has 0 spiro atoms. The van der Waals surface area contributed by atoms with Gasteiger partial charge >= 0.3 is 0 Å². The lowest BCUT2D eigenvalue weighted by atomic mass is 9.99. The number of aryl methyl sites for hydroxylation is 2. The average molecular weight is 269 g/mol. The van der Waals surface area contributed by atoms with E-state index in [2.05, 4.69) is 43.3 Å². The summed E-state index contributed by atoms with van der Waals surface area (Å²) in [4.78, 5) is 0. The Balaban J connectivity index is 1.82. The minimum atomic E-state index is 0.199. The first-order valence-corrected chi connectivity index (χ1v) is 7.11. The molecule has 0 bridgehead atoms. The lowest BCUT2D eigenvalue weighted by molar-refractivity contribution is 0.414. The van der Waals surface area contributed by atoms with Crippen molar-refractivity contribution in [2.45, 2.75) is 32.2 Å². The fourth-order valence-corrected chi connectivity index (χ4v) is 2.27. The third kappa shape index (κ3) is 4.39. The molecule has 1 unspecified atom stereocenters. The van der Waals surface area contributed by atoms with Crippen LogP contribution in [0, 0.1) is 6.92 Å². The van der Waals surface area contributed by atoms with Crippen LogP contribution in [-0.2, 0) is 12.8 Å². The molecule has 0 amide bonds. The second kappa shape index (κ2) is 7.11. The van der Waals surface area contributed by atoms with E-state index in [1.54, 1.807) is 7.11 Å². The Kier molecular flexibility index (Phi) is 5.19. The molecule has 0 aliphatic carbocycles. The molecule has 0 aromatic heterocycles. The quantitative estimate of drug-likeness (QED) is 0.871. The largest absolute Gasteiger partial charge is 0.497 e. The molecule has 0 saturated heterocycles. The fourth-order valence-electron chi connectivity index (χ4n) is 2.27. The van der Waals surface area contributed by atoms with Crippen LogP contribution < -0.4 is 10.5 Å². The van der Waals surface area contributed by atoms with Crippen molar-refractivity contribution < 1.29 is 4.74 Å². The summed E-state index contributed by atoms with van der Waals surface area (Å²) < 4.78 is 5.16. The maximum atomic E-state index is 6.22. The van der Waals surface area contributed by atoms with Crippen LogP contribution in [0.2, 0.25) is 0 Å². The van der Waals surface area contributed by atoms with Gasteiger partial charge in [0.25, 0.3) is 0 Å². The molecule has 2 heteroatoms. The summed E-state index contributed by atoms with van der Waals surface area (Å²) in [5.74, 6) is 0.891. The molecule has 2 nitrogen and oxygen atoms in total. The van der Waals surface area contributed by atoms with Crippen LogP contribution in [0.1, 0.15) is 23.1 Å². The van der Waals surface area contributed by atoms with E-state index in [-0.39, 0.29) is 6.04 Å². The van der Waals surface area contributed by atoms with Gasteiger partial charge < -0.3 is 10.5 Å². The average Bonchev–Trinajstić information content (AvgIpc) is 2.47. The monoisotopic (exact) mass is 269 g/mol. The van der Waals surface area contributed by atoms with E-state index in [0.29, 0.717) is 0 Å². The molecular weight excluding hydrogens is 246 g/mol. The van der Waals surface area contributed by atoms with E-state index in [1.807, 2.05) is 12.1 Å². The Labute approximate surface area is 121 Å². The zero-order valence-corrected chi connectivity index (χ0v) is 12.3. The van der Waals surface area contributed by atoms with Crippen LogP contribution in [0.15, 0.2) is 48.5 Å². The van der Waals surface area contributed by atoms with Gasteiger partial charge in [-0.05, 0) is 49.4 Å². The molecule has 2 N–H and O–H groups in total. The van der Waals surface area contributed by atoms with Crippen LogP contribution in [-0.4, -0.2) is 13.2 Å². The van der Waals surface area contributed by atoms with E-state index < -0.39 is 0 Å². The third-order valence-electron chi connectivity index (χ3n) is 3.58. The zero-order valence-electron chi connectivity index (χ0n) is 12.3. The predicted octanol–water partition coefficient (Wildman–Crippen LogP) is 3.51. The summed E-state index contributed by atoms with van der Waals surface area (Å²) in [6, 6.07) is 17.0. The number of benzene rings is 2. The molecule has 1 atom stereocenters. The van der Waals surface area contributed by atoms with Crippen molar-refractivity contribution in [1.29, 1.82) is 0 Å². The highest BCUT2D eigenvalue weighted by atomic mass is 16.5. The first-order chi connectivity index (χ1) is 9.67. The lowest BCUT2D eigenvalue weighted by Crippen LogP contribution is -2.23. The summed E-state index contributed by atoms with van der Waals surface area (Å²) in [5.41, 5.74) is 10.2. The maximum Gasteiger partial charge on any atom is 0.118 e. The highest BCUT2D eigenvalue weighted by Crippen LogP contribution is 2.14. The summed E-state index contributed by atoms with van der Waals surface area (Å²) in [5, 5.41) is 0. The summed E-state index contributed by atoms with van der Waals surface area (Å²) in [6.07, 6.45) is 2.96. The number of methoxy groups -OCH3 is 1. The van der Waals surface area contributed by atoms with Gasteiger partial charge in [-0.2, -0.15) is 0 Å². The van der Waals surface area contributed by atoms with Crippen molar-refractivity contribution in [3.63, 3.8) is 0 Å². The summed E-state index contributed by atoms with van der Waals surface area (Å²) in [6.45, 7) is 2.11. The normalized spacial score (nSPS) is 12.2. The van der Waals surface area contributed by atoms with Gasteiger partial charge in [-0.15, -0.1) is 0 Å². The van der Waals surface area contributed by atoms with Crippen molar-refractivity contribution in [2.24, 2.45) is 5.73 Å². The highest BCUT2D eigenvalue weighted by molar-refractivity contribution is 5.27. The molecule has 0 fully saturated rings. The molecule has 2 rings (SSSR count). The molecular formula is C18H23NO. The molecule has 0 saturated carbocycles. The van der Waals surface area contributed by atoms with Crippen molar-refractivity contribution in [2.75, 3.05) is 7.11 Å². The van der Waals surface area contributed by atoms with E-state index >= 15 is 0 Å². The van der Waals surface area contributed by atoms with Gasteiger partial charge in [0.15, 0.2) is 0 Å². The molecule has 0 aliphatic rings. The zero-order chi connectivity index (χ0) is 14.4. The van der Waals surface area contributed by atoms with Crippen molar-refractivity contribution in [3.05, 3.63) is 65.2 Å². The van der Waals surface area contributed by atoms with Crippen LogP contribution in [0.3, 0.4) is 0 Å². The summed E-state index contributed by atoms with van der Waals surface area (Å²) in [7, 11) is 1.68. The van der Waals surface area contributed by atoms with Gasteiger partial charge in [-0.3, -0.25) is 0 Å². The maximum absolute atomic E-state index is 6.22. The Morgan fingerprint density at radius 1 is 0.950 bits per heavy atom. The standard InChI is InChI=1S/C18H23NO/c1-14-3-5-15(6-4-14)7-10-17(19)13-16-8-11-18(20-2)12-9-16/h3-6,8-9,11-12,17H,7,10,13,19H2,1-2H3. The van der Waals surface area contributed by atoms with Gasteiger partial charge in [-0.1, -0.05) is 42.0 Å². The Morgan fingerprint density at radius 3 is 2.15 bits per heavy atom. The van der Waals surface area contributed by atoms with E-state index in [0.717, 1.165) is 25.0 Å². The first kappa shape index (κ1) is 14.6. The lowest BCUT2D eigenvalue weighted by Gasteiger charge is -2.12. The minimum Gasteiger partial charge on any atom is -0.497 e. The van der Waals surface area contributed by atoms with E-state index in [4.69, 9.17) is 10.5 Å². The first-order valence-electron chi connectivity index (χ1n) is 7.11. The Bertz CT molecular complexity index is 516. The van der Waals surface area contributed by atoms with Crippen LogP contribution in [0.5, 0.6) is 5.75 Å². The molecule has 2 aromatic carbocycles. The van der Waals surface area contributed by atoms with Crippen LogP contribution >= 0.6 is 0 Å². The molecule has 0 heterocycles. The van der Waals surface area contributed by atoms with E-state index in [1.165, 1.54) is 16.7 Å². The van der Waals surface area contributed by atoms with Crippen molar-refractivity contribution >= 4 is 0 Å². The van der Waals surface area contributed by atoms with Gasteiger partial charge in [-0.25, -0.2) is 0 Å². The number of hydrogen-bond donors (Lipinski definition) is 1. The third-order valence-corrected chi connectivity index (χ3v) is 3.58. The fraction of sp³-hybridized carbons (Fsp3) is 0.333. The smallest absolute Gasteiger partial charge is 0.118 e. The molecule has 0 radical (unpaired) electrons. The predicted molar refractivity (Wildman–Crippen MR) is 84.2 cm³/mol. The topological polar surface area (TPSA) is 35.2 Å². The van der Waals surface area contributed by atoms with Gasteiger partial charge in [0, 0.05) is 6.04 Å². The second-order valence-electron chi connectivity index (χ2n) is 5.34. The molecule has 106 valence electrons.